The van der Waals surface area contributed by atoms with E-state index >= 15 is 0 Å². The molecule has 0 saturated carbocycles. The van der Waals surface area contributed by atoms with Crippen LogP contribution in [0.2, 0.25) is 0 Å². The van der Waals surface area contributed by atoms with Crippen molar-refractivity contribution < 1.29 is 14.3 Å². The predicted molar refractivity (Wildman–Crippen MR) is 118 cm³/mol. The van der Waals surface area contributed by atoms with Crippen molar-refractivity contribution in [2.75, 3.05) is 10.7 Å². The summed E-state index contributed by atoms with van der Waals surface area (Å²) in [5, 5.41) is 2.37. The summed E-state index contributed by atoms with van der Waals surface area (Å²) in [7, 11) is 0. The van der Waals surface area contributed by atoms with Crippen LogP contribution in [0.1, 0.15) is 23.7 Å². The number of carbonyl (C=O) groups is 2. The number of benzene rings is 2. The maximum absolute atomic E-state index is 12.2. The summed E-state index contributed by atoms with van der Waals surface area (Å²) in [6.07, 6.45) is 0. The third-order valence-corrected chi connectivity index (χ3v) is 6.14. The summed E-state index contributed by atoms with van der Waals surface area (Å²) in [6.45, 7) is 5.64. The van der Waals surface area contributed by atoms with E-state index in [-0.39, 0.29) is 24.2 Å². The molecule has 0 bridgehead atoms. The van der Waals surface area contributed by atoms with Crippen LogP contribution in [0.25, 0.3) is 0 Å². The van der Waals surface area contributed by atoms with E-state index in [1.54, 1.807) is 4.90 Å². The van der Waals surface area contributed by atoms with E-state index in [9.17, 15) is 9.59 Å². The van der Waals surface area contributed by atoms with E-state index in [0.29, 0.717) is 10.8 Å². The molecule has 29 heavy (non-hydrogen) atoms. The normalized spacial score (nSPS) is 10.6. The van der Waals surface area contributed by atoms with E-state index in [1.807, 2.05) is 67.8 Å². The molecular weight excluding hydrogens is 404 g/mol. The van der Waals surface area contributed by atoms with Gasteiger partial charge in [-0.05, 0) is 49.2 Å². The SMILES string of the molecule is CC(=O)N(c1ccc(C)c(C)c1)c1nc(COC(=O)CSc2ccccc2)cs1. The Morgan fingerprint density at radius 1 is 1.10 bits per heavy atom. The quantitative estimate of drug-likeness (QED) is 0.380. The van der Waals surface area contributed by atoms with Crippen LogP contribution in [-0.4, -0.2) is 22.6 Å². The number of thiazole rings is 1. The molecule has 0 spiro atoms. The monoisotopic (exact) mass is 426 g/mol. The van der Waals surface area contributed by atoms with Gasteiger partial charge in [-0.15, -0.1) is 23.1 Å². The number of esters is 1. The lowest BCUT2D eigenvalue weighted by Crippen LogP contribution is -2.22. The van der Waals surface area contributed by atoms with Gasteiger partial charge in [-0.25, -0.2) is 4.98 Å². The minimum atomic E-state index is -0.300. The van der Waals surface area contributed by atoms with Crippen molar-refractivity contribution >= 4 is 45.8 Å². The van der Waals surface area contributed by atoms with Gasteiger partial charge < -0.3 is 4.74 Å². The first kappa shape index (κ1) is 21.1. The topological polar surface area (TPSA) is 59.5 Å². The van der Waals surface area contributed by atoms with Gasteiger partial charge in [-0.2, -0.15) is 0 Å². The summed E-state index contributed by atoms with van der Waals surface area (Å²) in [4.78, 5) is 31.3. The predicted octanol–water partition coefficient (Wildman–Crippen LogP) is 5.28. The highest BCUT2D eigenvalue weighted by molar-refractivity contribution is 8.00. The number of aryl methyl sites for hydroxylation is 2. The Kier molecular flexibility index (Phi) is 7.06. The van der Waals surface area contributed by atoms with E-state index in [4.69, 9.17) is 4.74 Å². The first-order valence-electron chi connectivity index (χ1n) is 9.10. The number of aromatic nitrogens is 1. The van der Waals surface area contributed by atoms with Gasteiger partial charge in [0, 0.05) is 17.2 Å². The van der Waals surface area contributed by atoms with Crippen LogP contribution in [0.5, 0.6) is 0 Å². The van der Waals surface area contributed by atoms with Crippen molar-refractivity contribution in [3.63, 3.8) is 0 Å². The van der Waals surface area contributed by atoms with Crippen LogP contribution >= 0.6 is 23.1 Å². The van der Waals surface area contributed by atoms with Crippen LogP contribution < -0.4 is 4.90 Å². The van der Waals surface area contributed by atoms with Crippen molar-refractivity contribution in [2.24, 2.45) is 0 Å². The van der Waals surface area contributed by atoms with Crippen molar-refractivity contribution in [2.45, 2.75) is 32.3 Å². The number of anilines is 2. The molecule has 1 aromatic heterocycles. The lowest BCUT2D eigenvalue weighted by Gasteiger charge is -2.19. The van der Waals surface area contributed by atoms with Gasteiger partial charge >= 0.3 is 5.97 Å². The fraction of sp³-hybridized carbons (Fsp3) is 0.227. The molecule has 0 aliphatic carbocycles. The number of carbonyl (C=O) groups excluding carboxylic acids is 2. The zero-order chi connectivity index (χ0) is 20.8. The molecule has 0 unspecified atom stereocenters. The molecule has 2 aromatic carbocycles. The first-order chi connectivity index (χ1) is 13.9. The molecular formula is C22H22N2O3S2. The Hall–Kier alpha value is -2.64. The zero-order valence-electron chi connectivity index (χ0n) is 16.5. The number of hydrogen-bond donors (Lipinski definition) is 0. The Morgan fingerprint density at radius 3 is 2.55 bits per heavy atom. The lowest BCUT2D eigenvalue weighted by atomic mass is 10.1. The van der Waals surface area contributed by atoms with Crippen LogP contribution in [0.4, 0.5) is 10.8 Å². The van der Waals surface area contributed by atoms with Gasteiger partial charge in [-0.1, -0.05) is 24.3 Å². The standard InChI is InChI=1S/C22H22N2O3S2/c1-15-9-10-19(11-16(15)2)24(17(3)25)22-23-18(13-29-22)12-27-21(26)14-28-20-7-5-4-6-8-20/h4-11,13H,12,14H2,1-3H3. The summed E-state index contributed by atoms with van der Waals surface area (Å²) >= 11 is 2.78. The zero-order valence-corrected chi connectivity index (χ0v) is 18.2. The van der Waals surface area contributed by atoms with E-state index in [0.717, 1.165) is 21.7 Å². The van der Waals surface area contributed by atoms with Gasteiger partial charge in [0.25, 0.3) is 0 Å². The number of hydrogen-bond acceptors (Lipinski definition) is 6. The highest BCUT2D eigenvalue weighted by Gasteiger charge is 2.19. The fourth-order valence-corrected chi connectivity index (χ4v) is 4.20. The number of ether oxygens (including phenoxy) is 1. The highest BCUT2D eigenvalue weighted by atomic mass is 32.2. The average Bonchev–Trinajstić information content (AvgIpc) is 3.16. The van der Waals surface area contributed by atoms with Crippen LogP contribution in [-0.2, 0) is 20.9 Å². The highest BCUT2D eigenvalue weighted by Crippen LogP contribution is 2.30. The van der Waals surface area contributed by atoms with Gasteiger partial charge in [0.1, 0.15) is 6.61 Å². The van der Waals surface area contributed by atoms with E-state index in [2.05, 4.69) is 4.98 Å². The first-order valence-corrected chi connectivity index (χ1v) is 11.0. The van der Waals surface area contributed by atoms with Crippen molar-refractivity contribution in [3.05, 3.63) is 70.7 Å². The summed E-state index contributed by atoms with van der Waals surface area (Å²) in [5.74, 6) is -0.181. The van der Waals surface area contributed by atoms with Gasteiger partial charge in [0.15, 0.2) is 5.13 Å². The molecule has 5 nitrogen and oxygen atoms in total. The molecule has 3 rings (SSSR count). The molecule has 7 heteroatoms. The largest absolute Gasteiger partial charge is 0.459 e. The molecule has 0 atom stereocenters. The summed E-state index contributed by atoms with van der Waals surface area (Å²) in [6, 6.07) is 15.6. The molecule has 0 radical (unpaired) electrons. The minimum absolute atomic E-state index is 0.0867. The molecule has 0 fully saturated rings. The minimum Gasteiger partial charge on any atom is -0.459 e. The second kappa shape index (κ2) is 9.71. The van der Waals surface area contributed by atoms with Gasteiger partial charge in [0.2, 0.25) is 5.91 Å². The Labute approximate surface area is 178 Å². The van der Waals surface area contributed by atoms with Crippen molar-refractivity contribution in [1.29, 1.82) is 0 Å². The van der Waals surface area contributed by atoms with Crippen molar-refractivity contribution in [3.8, 4) is 0 Å². The Bertz CT molecular complexity index is 1000. The Morgan fingerprint density at radius 2 is 1.86 bits per heavy atom. The number of amides is 1. The van der Waals surface area contributed by atoms with Crippen LogP contribution in [0.15, 0.2) is 58.8 Å². The third-order valence-electron chi connectivity index (χ3n) is 4.28. The number of thioether (sulfide) groups is 1. The maximum atomic E-state index is 12.2. The number of nitrogens with zero attached hydrogens (tertiary/aromatic N) is 2. The molecule has 0 saturated heterocycles. The lowest BCUT2D eigenvalue weighted by molar-refractivity contribution is -0.141. The fourth-order valence-electron chi connectivity index (χ4n) is 2.61. The summed E-state index contributed by atoms with van der Waals surface area (Å²) < 4.78 is 5.32. The molecule has 3 aromatic rings. The van der Waals surface area contributed by atoms with Crippen LogP contribution in [0.3, 0.4) is 0 Å². The van der Waals surface area contributed by atoms with Gasteiger partial charge in [-0.3, -0.25) is 14.5 Å². The summed E-state index contributed by atoms with van der Waals surface area (Å²) in [5.41, 5.74) is 3.67. The molecule has 0 aliphatic heterocycles. The smallest absolute Gasteiger partial charge is 0.316 e. The average molecular weight is 427 g/mol. The molecule has 150 valence electrons. The maximum Gasteiger partial charge on any atom is 0.316 e. The Balaban J connectivity index is 1.61. The third kappa shape index (κ3) is 5.68. The molecule has 0 aliphatic rings. The molecule has 1 amide bonds. The number of rotatable bonds is 7. The molecule has 0 N–H and O–H groups in total. The van der Waals surface area contributed by atoms with Crippen molar-refractivity contribution in [1.82, 2.24) is 4.98 Å². The second-order valence-corrected chi connectivity index (χ2v) is 8.39. The van der Waals surface area contributed by atoms with Crippen LogP contribution in [0, 0.1) is 13.8 Å². The van der Waals surface area contributed by atoms with E-state index < -0.39 is 0 Å². The second-order valence-electron chi connectivity index (χ2n) is 6.51. The van der Waals surface area contributed by atoms with Gasteiger partial charge in [0.05, 0.1) is 17.1 Å². The molecule has 1 heterocycles. The van der Waals surface area contributed by atoms with E-state index in [1.165, 1.54) is 30.0 Å².